The van der Waals surface area contributed by atoms with E-state index in [1.54, 1.807) is 0 Å². The van der Waals surface area contributed by atoms with Gasteiger partial charge >= 0.3 is 9.24 Å². The Morgan fingerprint density at radius 3 is 2.57 bits per heavy atom. The summed E-state index contributed by atoms with van der Waals surface area (Å²) in [6.45, 7) is 2.07. The summed E-state index contributed by atoms with van der Waals surface area (Å²) in [5.41, 5.74) is 0. The molecule has 1 unspecified atom stereocenters. The summed E-state index contributed by atoms with van der Waals surface area (Å²) in [5, 5.41) is 0. The van der Waals surface area contributed by atoms with Crippen molar-refractivity contribution in [3.63, 3.8) is 0 Å². The van der Waals surface area contributed by atoms with Crippen molar-refractivity contribution in [2.75, 3.05) is 0 Å². The highest BCUT2D eigenvalue weighted by molar-refractivity contribution is 8.12. The zero-order valence-corrected chi connectivity index (χ0v) is 9.64. The Morgan fingerprint density at radius 2 is 2.14 bits per heavy atom. The number of unbranched alkanes of at least 4 members (excludes halogenated alkanes) is 2. The molecule has 1 saturated heterocycles. The van der Waals surface area contributed by atoms with E-state index in [0.29, 0.717) is 6.42 Å². The van der Waals surface area contributed by atoms with E-state index in [-0.39, 0.29) is 11.9 Å². The molecule has 1 heterocycles. The Bertz CT molecular complexity index is 315. The third-order valence-electron chi connectivity index (χ3n) is 2.36. The number of amides is 1. The second kappa shape index (κ2) is 4.49. The Balaban J connectivity index is 2.46. The van der Waals surface area contributed by atoms with Crippen molar-refractivity contribution in [1.29, 1.82) is 0 Å². The molecule has 0 radical (unpaired) electrons. The molecule has 1 rings (SSSR count). The SMILES string of the molecule is CCCCCC1CC(=O)N1S(=O)(=O)Cl. The average molecular weight is 240 g/mol. The maximum absolute atomic E-state index is 11.0. The van der Waals surface area contributed by atoms with Gasteiger partial charge in [0.05, 0.1) is 6.04 Å². The Kier molecular flexibility index (Phi) is 3.78. The van der Waals surface area contributed by atoms with Crippen molar-refractivity contribution >= 4 is 25.8 Å². The molecule has 4 nitrogen and oxygen atoms in total. The minimum Gasteiger partial charge on any atom is -0.274 e. The molecule has 1 aliphatic rings. The van der Waals surface area contributed by atoms with Crippen LogP contribution in [-0.2, 0) is 14.0 Å². The molecule has 1 amide bonds. The normalized spacial score (nSPS) is 22.3. The number of rotatable bonds is 5. The Morgan fingerprint density at radius 1 is 1.50 bits per heavy atom. The highest BCUT2D eigenvalue weighted by Gasteiger charge is 2.42. The molecule has 82 valence electrons. The van der Waals surface area contributed by atoms with Gasteiger partial charge in [0, 0.05) is 17.1 Å². The quantitative estimate of drug-likeness (QED) is 0.417. The molecule has 0 N–H and O–H groups in total. The second-order valence-corrected chi connectivity index (χ2v) is 5.87. The zero-order valence-electron chi connectivity index (χ0n) is 8.07. The average Bonchev–Trinajstić information content (AvgIpc) is 1.99. The van der Waals surface area contributed by atoms with Gasteiger partial charge in [0.1, 0.15) is 0 Å². The molecule has 0 aromatic carbocycles. The van der Waals surface area contributed by atoms with Gasteiger partial charge in [-0.3, -0.25) is 4.79 Å². The van der Waals surface area contributed by atoms with Gasteiger partial charge < -0.3 is 0 Å². The van der Waals surface area contributed by atoms with E-state index in [9.17, 15) is 13.2 Å². The second-order valence-electron chi connectivity index (χ2n) is 3.49. The largest absolute Gasteiger partial charge is 0.324 e. The number of nitrogens with zero attached hydrogens (tertiary/aromatic N) is 1. The van der Waals surface area contributed by atoms with Crippen molar-refractivity contribution in [3.05, 3.63) is 0 Å². The molecule has 1 aliphatic heterocycles. The van der Waals surface area contributed by atoms with Gasteiger partial charge in [-0.1, -0.05) is 26.2 Å². The van der Waals surface area contributed by atoms with Crippen molar-refractivity contribution in [2.24, 2.45) is 0 Å². The van der Waals surface area contributed by atoms with E-state index >= 15 is 0 Å². The van der Waals surface area contributed by atoms with Crippen LogP contribution in [0.5, 0.6) is 0 Å². The highest BCUT2D eigenvalue weighted by atomic mass is 35.7. The summed E-state index contributed by atoms with van der Waals surface area (Å²) < 4.78 is 22.7. The van der Waals surface area contributed by atoms with Gasteiger partial charge in [0.15, 0.2) is 0 Å². The van der Waals surface area contributed by atoms with Crippen molar-refractivity contribution in [3.8, 4) is 0 Å². The number of carbonyl (C=O) groups excluding carboxylic acids is 1. The van der Waals surface area contributed by atoms with Gasteiger partial charge in [0.2, 0.25) is 5.91 Å². The van der Waals surface area contributed by atoms with E-state index in [4.69, 9.17) is 10.7 Å². The zero-order chi connectivity index (χ0) is 10.8. The van der Waals surface area contributed by atoms with Crippen LogP contribution in [0.15, 0.2) is 0 Å². The van der Waals surface area contributed by atoms with Crippen LogP contribution < -0.4 is 0 Å². The van der Waals surface area contributed by atoms with Crippen LogP contribution in [0.4, 0.5) is 0 Å². The van der Waals surface area contributed by atoms with Crippen LogP contribution in [0.2, 0.25) is 0 Å². The fourth-order valence-electron chi connectivity index (χ4n) is 1.61. The summed E-state index contributed by atoms with van der Waals surface area (Å²) in [6.07, 6.45) is 4.12. The molecule has 0 saturated carbocycles. The molecular formula is C8H14ClNO3S. The van der Waals surface area contributed by atoms with Crippen LogP contribution in [0.25, 0.3) is 0 Å². The number of β-lactam (4-membered cyclic amide) rings is 1. The van der Waals surface area contributed by atoms with Crippen LogP contribution in [0.3, 0.4) is 0 Å². The molecule has 0 bridgehead atoms. The molecule has 14 heavy (non-hydrogen) atoms. The first-order valence-corrected chi connectivity index (χ1v) is 7.00. The van der Waals surface area contributed by atoms with Crippen molar-refractivity contribution in [1.82, 2.24) is 4.31 Å². The lowest BCUT2D eigenvalue weighted by Gasteiger charge is -2.37. The van der Waals surface area contributed by atoms with Crippen LogP contribution in [-0.4, -0.2) is 24.7 Å². The van der Waals surface area contributed by atoms with E-state index in [0.717, 1.165) is 30.0 Å². The summed E-state index contributed by atoms with van der Waals surface area (Å²) in [7, 11) is 1.27. The monoisotopic (exact) mass is 239 g/mol. The third kappa shape index (κ3) is 2.60. The lowest BCUT2D eigenvalue weighted by atomic mass is 9.99. The highest BCUT2D eigenvalue weighted by Crippen LogP contribution is 2.29. The lowest BCUT2D eigenvalue weighted by Crippen LogP contribution is -2.53. The summed E-state index contributed by atoms with van der Waals surface area (Å²) in [5.74, 6) is -0.388. The summed E-state index contributed by atoms with van der Waals surface area (Å²) in [6, 6.07) is -0.198. The lowest BCUT2D eigenvalue weighted by molar-refractivity contribution is -0.137. The van der Waals surface area contributed by atoms with Gasteiger partial charge in [-0.05, 0) is 6.42 Å². The summed E-state index contributed by atoms with van der Waals surface area (Å²) in [4.78, 5) is 11.0. The third-order valence-corrected chi connectivity index (χ3v) is 3.78. The standard InChI is InChI=1S/C8H14ClNO3S/c1-2-3-4-5-7-6-8(11)10(7)14(9,12)13/h7H,2-6H2,1H3. The molecule has 1 atom stereocenters. The van der Waals surface area contributed by atoms with Gasteiger partial charge in [0.25, 0.3) is 0 Å². The maximum atomic E-state index is 11.0. The Hall–Kier alpha value is -0.290. The number of hydrogen-bond donors (Lipinski definition) is 0. The summed E-state index contributed by atoms with van der Waals surface area (Å²) >= 11 is 0. The van der Waals surface area contributed by atoms with E-state index in [1.807, 2.05) is 0 Å². The van der Waals surface area contributed by atoms with Crippen LogP contribution in [0.1, 0.15) is 39.0 Å². The Labute approximate surface area is 88.8 Å². The predicted octanol–water partition coefficient (Wildman–Crippen LogP) is 1.65. The number of halogens is 1. The van der Waals surface area contributed by atoms with E-state index in [2.05, 4.69) is 6.92 Å². The minimum atomic E-state index is -3.85. The fourth-order valence-corrected chi connectivity index (χ4v) is 3.04. The molecule has 0 aromatic heterocycles. The van der Waals surface area contributed by atoms with Crippen molar-refractivity contribution < 1.29 is 13.2 Å². The van der Waals surface area contributed by atoms with Crippen LogP contribution in [0, 0.1) is 0 Å². The van der Waals surface area contributed by atoms with Crippen molar-refractivity contribution in [2.45, 2.75) is 45.1 Å². The molecule has 0 spiro atoms. The maximum Gasteiger partial charge on any atom is 0.324 e. The predicted molar refractivity (Wildman–Crippen MR) is 54.2 cm³/mol. The van der Waals surface area contributed by atoms with Gasteiger partial charge in [-0.15, -0.1) is 0 Å². The van der Waals surface area contributed by atoms with Crippen LogP contribution >= 0.6 is 10.7 Å². The topological polar surface area (TPSA) is 54.5 Å². The first-order chi connectivity index (χ1) is 6.46. The van der Waals surface area contributed by atoms with E-state index in [1.165, 1.54) is 0 Å². The smallest absolute Gasteiger partial charge is 0.274 e. The molecule has 6 heteroatoms. The molecule has 0 aromatic rings. The molecule has 0 aliphatic carbocycles. The fraction of sp³-hybridized carbons (Fsp3) is 0.875. The van der Waals surface area contributed by atoms with Gasteiger partial charge in [-0.25, -0.2) is 4.31 Å². The van der Waals surface area contributed by atoms with Gasteiger partial charge in [-0.2, -0.15) is 8.42 Å². The van der Waals surface area contributed by atoms with E-state index < -0.39 is 9.24 Å². The minimum absolute atomic E-state index is 0.198. The number of carbonyl (C=O) groups is 1. The number of hydrogen-bond acceptors (Lipinski definition) is 3. The first kappa shape index (κ1) is 11.8. The molecule has 1 fully saturated rings. The molecular weight excluding hydrogens is 226 g/mol. The first-order valence-electron chi connectivity index (χ1n) is 4.73.